The Labute approximate surface area is 111 Å². The summed E-state index contributed by atoms with van der Waals surface area (Å²) < 4.78 is 1.87. The fourth-order valence-corrected chi connectivity index (χ4v) is 1.86. The molecule has 0 radical (unpaired) electrons. The fourth-order valence-electron chi connectivity index (χ4n) is 1.61. The zero-order valence-electron chi connectivity index (χ0n) is 9.81. The summed E-state index contributed by atoms with van der Waals surface area (Å²) in [4.78, 5) is 0. The maximum atomic E-state index is 8.74. The molecule has 0 unspecified atom stereocenters. The van der Waals surface area contributed by atoms with Crippen LogP contribution in [0.3, 0.4) is 0 Å². The van der Waals surface area contributed by atoms with Gasteiger partial charge in [-0.25, -0.2) is 0 Å². The molecule has 2 rings (SSSR count). The Morgan fingerprint density at radius 2 is 2.33 bits per heavy atom. The third-order valence-corrected chi connectivity index (χ3v) is 2.93. The molecule has 2 aromatic rings. The van der Waals surface area contributed by atoms with Crippen LogP contribution in [0.25, 0.3) is 0 Å². The molecule has 0 saturated carbocycles. The summed E-state index contributed by atoms with van der Waals surface area (Å²) in [5.74, 6) is 0. The summed E-state index contributed by atoms with van der Waals surface area (Å²) in [6, 6.07) is 9.30. The Kier molecular flexibility index (Phi) is 4.35. The van der Waals surface area contributed by atoms with E-state index in [2.05, 4.69) is 16.5 Å². The molecule has 0 aliphatic heterocycles. The minimum Gasteiger partial charge on any atom is -0.311 e. The van der Waals surface area contributed by atoms with Crippen molar-refractivity contribution in [1.82, 2.24) is 15.1 Å². The molecule has 1 N–H and O–H groups in total. The van der Waals surface area contributed by atoms with Gasteiger partial charge in [-0.05, 0) is 23.8 Å². The van der Waals surface area contributed by atoms with E-state index in [9.17, 15) is 0 Å². The Balaban J connectivity index is 1.82. The molecule has 5 heteroatoms. The second-order valence-corrected chi connectivity index (χ2v) is 4.27. The van der Waals surface area contributed by atoms with E-state index in [0.29, 0.717) is 17.1 Å². The Bertz CT molecular complexity index is 543. The van der Waals surface area contributed by atoms with Crippen molar-refractivity contribution < 1.29 is 0 Å². The number of nitrogens with one attached hydrogen (secondary N) is 1. The molecule has 0 aliphatic rings. The Morgan fingerprint density at radius 3 is 3.00 bits per heavy atom. The number of hydrogen-bond acceptors (Lipinski definition) is 3. The van der Waals surface area contributed by atoms with Crippen LogP contribution in [0.4, 0.5) is 0 Å². The normalized spacial score (nSPS) is 10.2. The van der Waals surface area contributed by atoms with Gasteiger partial charge in [0.1, 0.15) is 0 Å². The first kappa shape index (κ1) is 12.6. The average molecular weight is 261 g/mol. The summed E-state index contributed by atoms with van der Waals surface area (Å²) in [6.45, 7) is 2.32. The maximum Gasteiger partial charge on any atom is 0.0992 e. The second-order valence-electron chi connectivity index (χ2n) is 3.86. The number of nitriles is 1. The molecule has 1 aromatic carbocycles. The van der Waals surface area contributed by atoms with Crippen LogP contribution >= 0.6 is 11.6 Å². The summed E-state index contributed by atoms with van der Waals surface area (Å²) in [6.07, 6.45) is 3.69. The standard InChI is InChI=1S/C13H13ClN4/c14-13-8-11(9-15)2-3-12(13)10-16-5-7-18-6-1-4-17-18/h1-4,6,8,16H,5,7,10H2. The highest BCUT2D eigenvalue weighted by atomic mass is 35.5. The fraction of sp³-hybridized carbons (Fsp3) is 0.231. The first-order valence-corrected chi connectivity index (χ1v) is 6.04. The minimum absolute atomic E-state index is 0.584. The lowest BCUT2D eigenvalue weighted by Gasteiger charge is -2.07. The largest absolute Gasteiger partial charge is 0.311 e. The predicted molar refractivity (Wildman–Crippen MR) is 70.1 cm³/mol. The van der Waals surface area contributed by atoms with Crippen LogP contribution < -0.4 is 5.32 Å². The van der Waals surface area contributed by atoms with Crippen molar-refractivity contribution in [3.63, 3.8) is 0 Å². The van der Waals surface area contributed by atoms with Gasteiger partial charge in [-0.1, -0.05) is 17.7 Å². The van der Waals surface area contributed by atoms with Crippen molar-refractivity contribution in [3.05, 3.63) is 52.8 Å². The minimum atomic E-state index is 0.584. The molecule has 18 heavy (non-hydrogen) atoms. The van der Waals surface area contributed by atoms with Crippen LogP contribution in [-0.2, 0) is 13.1 Å². The van der Waals surface area contributed by atoms with Gasteiger partial charge in [0.05, 0.1) is 18.2 Å². The number of aromatic nitrogens is 2. The van der Waals surface area contributed by atoms with Crippen molar-refractivity contribution in [3.8, 4) is 6.07 Å². The smallest absolute Gasteiger partial charge is 0.0992 e. The molecule has 0 saturated heterocycles. The number of hydrogen-bond donors (Lipinski definition) is 1. The van der Waals surface area contributed by atoms with E-state index in [-0.39, 0.29) is 0 Å². The Morgan fingerprint density at radius 1 is 1.44 bits per heavy atom. The van der Waals surface area contributed by atoms with E-state index in [1.54, 1.807) is 18.3 Å². The van der Waals surface area contributed by atoms with Gasteiger partial charge in [-0.15, -0.1) is 0 Å². The lowest BCUT2D eigenvalue weighted by Crippen LogP contribution is -2.19. The van der Waals surface area contributed by atoms with E-state index in [1.807, 2.05) is 23.0 Å². The van der Waals surface area contributed by atoms with Gasteiger partial charge >= 0.3 is 0 Å². The van der Waals surface area contributed by atoms with E-state index in [1.165, 1.54) is 0 Å². The molecule has 4 nitrogen and oxygen atoms in total. The quantitative estimate of drug-likeness (QED) is 0.839. The van der Waals surface area contributed by atoms with E-state index in [0.717, 1.165) is 18.7 Å². The molecular formula is C13H13ClN4. The van der Waals surface area contributed by atoms with E-state index in [4.69, 9.17) is 16.9 Å². The van der Waals surface area contributed by atoms with Crippen LogP contribution in [0.2, 0.25) is 5.02 Å². The number of halogens is 1. The molecule has 0 spiro atoms. The first-order chi connectivity index (χ1) is 8.79. The van der Waals surface area contributed by atoms with Crippen molar-refractivity contribution >= 4 is 11.6 Å². The number of benzene rings is 1. The Hall–Kier alpha value is -1.83. The lowest BCUT2D eigenvalue weighted by atomic mass is 10.1. The lowest BCUT2D eigenvalue weighted by molar-refractivity contribution is 0.555. The van der Waals surface area contributed by atoms with E-state index < -0.39 is 0 Å². The topological polar surface area (TPSA) is 53.6 Å². The zero-order valence-corrected chi connectivity index (χ0v) is 10.6. The molecule has 1 aromatic heterocycles. The summed E-state index contributed by atoms with van der Waals surface area (Å²) in [5.41, 5.74) is 1.58. The molecule has 0 bridgehead atoms. The van der Waals surface area contributed by atoms with Crippen molar-refractivity contribution in [2.45, 2.75) is 13.1 Å². The molecular weight excluding hydrogens is 248 g/mol. The molecule has 0 atom stereocenters. The summed E-state index contributed by atoms with van der Waals surface area (Å²) in [5, 5.41) is 16.8. The van der Waals surface area contributed by atoms with Crippen LogP contribution in [0, 0.1) is 11.3 Å². The van der Waals surface area contributed by atoms with Gasteiger partial charge in [-0.2, -0.15) is 10.4 Å². The van der Waals surface area contributed by atoms with Crippen molar-refractivity contribution in [2.24, 2.45) is 0 Å². The van der Waals surface area contributed by atoms with Crippen LogP contribution in [-0.4, -0.2) is 16.3 Å². The van der Waals surface area contributed by atoms with Gasteiger partial charge in [-0.3, -0.25) is 4.68 Å². The first-order valence-electron chi connectivity index (χ1n) is 5.66. The third kappa shape index (κ3) is 3.33. The van der Waals surface area contributed by atoms with Gasteiger partial charge in [0.25, 0.3) is 0 Å². The molecule has 1 heterocycles. The third-order valence-electron chi connectivity index (χ3n) is 2.57. The van der Waals surface area contributed by atoms with E-state index >= 15 is 0 Å². The SMILES string of the molecule is N#Cc1ccc(CNCCn2cccn2)c(Cl)c1. The second kappa shape index (κ2) is 6.20. The molecule has 92 valence electrons. The highest BCUT2D eigenvalue weighted by Gasteiger charge is 2.01. The monoisotopic (exact) mass is 260 g/mol. The van der Waals surface area contributed by atoms with Crippen LogP contribution in [0.1, 0.15) is 11.1 Å². The highest BCUT2D eigenvalue weighted by molar-refractivity contribution is 6.31. The highest BCUT2D eigenvalue weighted by Crippen LogP contribution is 2.17. The van der Waals surface area contributed by atoms with Gasteiger partial charge in [0.2, 0.25) is 0 Å². The van der Waals surface area contributed by atoms with Crippen molar-refractivity contribution in [2.75, 3.05) is 6.54 Å². The molecule has 0 fully saturated rings. The van der Waals surface area contributed by atoms with Crippen LogP contribution in [0.15, 0.2) is 36.7 Å². The van der Waals surface area contributed by atoms with Gasteiger partial charge in [0.15, 0.2) is 0 Å². The van der Waals surface area contributed by atoms with Gasteiger partial charge in [0, 0.05) is 30.5 Å². The number of nitrogens with zero attached hydrogens (tertiary/aromatic N) is 3. The average Bonchev–Trinajstić information content (AvgIpc) is 2.89. The maximum absolute atomic E-state index is 8.74. The van der Waals surface area contributed by atoms with Crippen LogP contribution in [0.5, 0.6) is 0 Å². The van der Waals surface area contributed by atoms with Crippen molar-refractivity contribution in [1.29, 1.82) is 5.26 Å². The molecule has 0 aliphatic carbocycles. The number of rotatable bonds is 5. The zero-order chi connectivity index (χ0) is 12.8. The summed E-state index contributed by atoms with van der Waals surface area (Å²) in [7, 11) is 0. The predicted octanol–water partition coefficient (Wildman–Crippen LogP) is 2.20. The van der Waals surface area contributed by atoms with Gasteiger partial charge < -0.3 is 5.32 Å². The summed E-state index contributed by atoms with van der Waals surface area (Å²) >= 11 is 6.08. The molecule has 0 amide bonds.